The lowest BCUT2D eigenvalue weighted by Gasteiger charge is -2.16. The fourth-order valence-corrected chi connectivity index (χ4v) is 3.39. The van der Waals surface area contributed by atoms with Crippen LogP contribution < -0.4 is 10.1 Å². The van der Waals surface area contributed by atoms with Gasteiger partial charge in [-0.05, 0) is 55.5 Å². The zero-order valence-corrected chi connectivity index (χ0v) is 20.0. The summed E-state index contributed by atoms with van der Waals surface area (Å²) in [5, 5.41) is 11.2. The zero-order valence-electron chi connectivity index (χ0n) is 20.0. The summed E-state index contributed by atoms with van der Waals surface area (Å²) < 4.78 is 33.9. The van der Waals surface area contributed by atoms with E-state index in [4.69, 9.17) is 10.1 Å². The second kappa shape index (κ2) is 11.1. The Hall–Kier alpha value is -3.49. The van der Waals surface area contributed by atoms with Crippen molar-refractivity contribution in [1.29, 1.82) is 5.41 Å². The van der Waals surface area contributed by atoms with Gasteiger partial charge in [0.25, 0.3) is 5.92 Å². The van der Waals surface area contributed by atoms with Crippen LogP contribution in [0.25, 0.3) is 0 Å². The second-order valence-electron chi connectivity index (χ2n) is 8.05. The molecular weight excluding hydrogens is 438 g/mol. The number of nitrogens with one attached hydrogen (secondary N) is 2. The number of benzene rings is 1. The molecule has 0 aliphatic carbocycles. The largest absolute Gasteiger partial charge is 0.439 e. The molecule has 1 aromatic heterocycles. The van der Waals surface area contributed by atoms with Crippen LogP contribution in [0, 0.1) is 19.3 Å². The molecule has 2 aromatic rings. The van der Waals surface area contributed by atoms with Crippen LogP contribution in [0.2, 0.25) is 0 Å². The molecule has 0 amide bonds. The first-order chi connectivity index (χ1) is 16.2. The fourth-order valence-electron chi connectivity index (χ4n) is 3.39. The molecule has 34 heavy (non-hydrogen) atoms. The minimum atomic E-state index is -2.92. The van der Waals surface area contributed by atoms with Gasteiger partial charge in [0.2, 0.25) is 5.88 Å². The van der Waals surface area contributed by atoms with Crippen LogP contribution >= 0.6 is 0 Å². The minimum absolute atomic E-state index is 0.111. The highest BCUT2D eigenvalue weighted by atomic mass is 19.3. The number of halogens is 2. The number of amidine groups is 2. The fraction of sp³-hybridized carbons (Fsp3) is 0.400. The van der Waals surface area contributed by atoms with Crippen LogP contribution in [-0.2, 0) is 12.3 Å². The van der Waals surface area contributed by atoms with Gasteiger partial charge in [0, 0.05) is 37.3 Å². The Morgan fingerprint density at radius 2 is 1.88 bits per heavy atom. The number of alkyl halides is 2. The smallest absolute Gasteiger partial charge is 0.273 e. The lowest BCUT2D eigenvalue weighted by Crippen LogP contribution is -2.39. The Labute approximate surface area is 198 Å². The van der Waals surface area contributed by atoms with Gasteiger partial charge >= 0.3 is 0 Å². The first-order valence-electron chi connectivity index (χ1n) is 11.3. The van der Waals surface area contributed by atoms with E-state index in [9.17, 15) is 8.78 Å². The number of aromatic nitrogens is 1. The highest BCUT2D eigenvalue weighted by Gasteiger charge is 2.29. The third-order valence-electron chi connectivity index (χ3n) is 5.43. The molecule has 7 nitrogen and oxygen atoms in total. The molecule has 0 fully saturated rings. The standard InChI is InChI=1S/C25H30F2N6O/c1-5-9-30-23-22(28)24(33-15-32-23)31-10-7-18-12-17(4)20(13-16(18)3)34-21-14-19(8-11-29-21)25(26,27)6-2/h8,11-15,28H,5-7,9-10H2,1-4H3,(H,30,31,32,33). The van der Waals surface area contributed by atoms with E-state index in [0.29, 0.717) is 36.9 Å². The number of pyridine rings is 1. The summed E-state index contributed by atoms with van der Waals surface area (Å²) >= 11 is 0. The van der Waals surface area contributed by atoms with Crippen molar-refractivity contribution in [3.05, 3.63) is 52.7 Å². The SMILES string of the molecule is CCCN=C1N=CNC(=NCCc2cc(C)c(Oc3cc(C(F)(F)CC)ccn3)cc2C)C1=N. The lowest BCUT2D eigenvalue weighted by atomic mass is 10.0. The van der Waals surface area contributed by atoms with Crippen LogP contribution in [0.5, 0.6) is 11.6 Å². The molecule has 2 N–H and O–H groups in total. The predicted molar refractivity (Wildman–Crippen MR) is 132 cm³/mol. The quantitative estimate of drug-likeness (QED) is 0.516. The van der Waals surface area contributed by atoms with E-state index >= 15 is 0 Å². The average Bonchev–Trinajstić information content (AvgIpc) is 2.82. The molecule has 0 radical (unpaired) electrons. The van der Waals surface area contributed by atoms with Gasteiger partial charge in [0.1, 0.15) is 11.5 Å². The number of nitrogens with zero attached hydrogens (tertiary/aromatic N) is 4. The molecule has 1 aliphatic heterocycles. The molecular formula is C25H30F2N6O. The van der Waals surface area contributed by atoms with Crippen molar-refractivity contribution < 1.29 is 13.5 Å². The van der Waals surface area contributed by atoms with Crippen LogP contribution in [0.15, 0.2) is 45.4 Å². The molecule has 0 saturated heterocycles. The Bertz CT molecular complexity index is 1140. The Morgan fingerprint density at radius 3 is 2.62 bits per heavy atom. The van der Waals surface area contributed by atoms with E-state index in [2.05, 4.69) is 25.3 Å². The van der Waals surface area contributed by atoms with Crippen molar-refractivity contribution in [3.8, 4) is 11.6 Å². The van der Waals surface area contributed by atoms with Gasteiger partial charge in [0.05, 0.1) is 6.34 Å². The number of hydrogen-bond acceptors (Lipinski definition) is 5. The molecule has 2 heterocycles. The van der Waals surface area contributed by atoms with E-state index in [-0.39, 0.29) is 23.6 Å². The third kappa shape index (κ3) is 6.09. The summed E-state index contributed by atoms with van der Waals surface area (Å²) in [6.07, 6.45) is 4.11. The van der Waals surface area contributed by atoms with Gasteiger partial charge in [-0.3, -0.25) is 15.4 Å². The first-order valence-corrected chi connectivity index (χ1v) is 11.3. The summed E-state index contributed by atoms with van der Waals surface area (Å²) in [7, 11) is 0. The van der Waals surface area contributed by atoms with E-state index in [1.54, 1.807) is 0 Å². The maximum atomic E-state index is 14.0. The predicted octanol–water partition coefficient (Wildman–Crippen LogP) is 5.39. The summed E-state index contributed by atoms with van der Waals surface area (Å²) in [4.78, 5) is 17.0. The van der Waals surface area contributed by atoms with Crippen LogP contribution in [0.1, 0.15) is 48.9 Å². The third-order valence-corrected chi connectivity index (χ3v) is 5.43. The molecule has 3 rings (SSSR count). The molecule has 0 unspecified atom stereocenters. The number of rotatable bonds is 9. The van der Waals surface area contributed by atoms with Crippen molar-refractivity contribution in [2.45, 2.75) is 52.9 Å². The summed E-state index contributed by atoms with van der Waals surface area (Å²) in [6.45, 7) is 8.43. The van der Waals surface area contributed by atoms with Gasteiger partial charge in [0.15, 0.2) is 11.7 Å². The van der Waals surface area contributed by atoms with Crippen LogP contribution in [0.4, 0.5) is 8.78 Å². The Kier molecular flexibility index (Phi) is 8.20. The lowest BCUT2D eigenvalue weighted by molar-refractivity contribution is -0.00855. The average molecular weight is 469 g/mol. The van der Waals surface area contributed by atoms with Crippen LogP contribution in [-0.4, -0.2) is 41.8 Å². The number of aliphatic imine (C=N–C) groups is 3. The zero-order chi connectivity index (χ0) is 24.7. The van der Waals surface area contributed by atoms with Crippen molar-refractivity contribution >= 4 is 23.7 Å². The highest BCUT2D eigenvalue weighted by Crippen LogP contribution is 2.34. The molecule has 180 valence electrons. The highest BCUT2D eigenvalue weighted by molar-refractivity contribution is 6.69. The van der Waals surface area contributed by atoms with Crippen molar-refractivity contribution in [3.63, 3.8) is 0 Å². The van der Waals surface area contributed by atoms with Gasteiger partial charge < -0.3 is 10.1 Å². The molecule has 0 atom stereocenters. The molecule has 0 saturated carbocycles. The van der Waals surface area contributed by atoms with Crippen LogP contribution in [0.3, 0.4) is 0 Å². The monoisotopic (exact) mass is 468 g/mol. The first kappa shape index (κ1) is 25.1. The molecule has 0 bridgehead atoms. The molecule has 1 aliphatic rings. The summed E-state index contributed by atoms with van der Waals surface area (Å²) in [5.74, 6) is -1.37. The Morgan fingerprint density at radius 1 is 1.09 bits per heavy atom. The van der Waals surface area contributed by atoms with Gasteiger partial charge in [-0.15, -0.1) is 0 Å². The number of hydrogen-bond donors (Lipinski definition) is 2. The minimum Gasteiger partial charge on any atom is -0.439 e. The molecule has 1 aromatic carbocycles. The van der Waals surface area contributed by atoms with E-state index in [1.807, 2.05) is 32.9 Å². The van der Waals surface area contributed by atoms with E-state index in [1.165, 1.54) is 31.6 Å². The number of ether oxygens (including phenoxy) is 1. The maximum Gasteiger partial charge on any atom is 0.273 e. The normalized spacial score (nSPS) is 16.2. The van der Waals surface area contributed by atoms with Crippen molar-refractivity contribution in [1.82, 2.24) is 10.3 Å². The summed E-state index contributed by atoms with van der Waals surface area (Å²) in [5.41, 5.74) is 3.03. The van der Waals surface area contributed by atoms with Crippen molar-refractivity contribution in [2.24, 2.45) is 15.0 Å². The summed E-state index contributed by atoms with van der Waals surface area (Å²) in [6, 6.07) is 6.48. The van der Waals surface area contributed by atoms with E-state index < -0.39 is 5.92 Å². The number of aryl methyl sites for hydroxylation is 2. The van der Waals surface area contributed by atoms with E-state index in [0.717, 1.165) is 23.1 Å². The van der Waals surface area contributed by atoms with Gasteiger partial charge in [-0.25, -0.2) is 18.8 Å². The topological polar surface area (TPSA) is 95.1 Å². The second-order valence-corrected chi connectivity index (χ2v) is 8.05. The van der Waals surface area contributed by atoms with Gasteiger partial charge in [-0.2, -0.15) is 0 Å². The molecule has 0 spiro atoms. The Balaban J connectivity index is 1.70. The van der Waals surface area contributed by atoms with Gasteiger partial charge in [-0.1, -0.05) is 19.9 Å². The maximum absolute atomic E-state index is 14.0. The van der Waals surface area contributed by atoms with Crippen molar-refractivity contribution in [2.75, 3.05) is 13.1 Å². The molecule has 9 heteroatoms.